The van der Waals surface area contributed by atoms with Crippen molar-refractivity contribution in [2.45, 2.75) is 104 Å². The second-order valence-corrected chi connectivity index (χ2v) is 9.36. The second kappa shape index (κ2) is 39.3. The predicted molar refractivity (Wildman–Crippen MR) is 157 cm³/mol. The highest BCUT2D eigenvalue weighted by Crippen LogP contribution is 2.07. The van der Waals surface area contributed by atoms with Crippen LogP contribution in [0, 0.1) is 0 Å². The number of hydrogen-bond donors (Lipinski definition) is 1. The van der Waals surface area contributed by atoms with Crippen LogP contribution in [0.1, 0.15) is 97.8 Å². The molecule has 0 aliphatic carbocycles. The van der Waals surface area contributed by atoms with Gasteiger partial charge in [-0.05, 0) is 19.8 Å². The molecular formula is C30H63NO8. The molecule has 0 aromatic rings. The number of ether oxygens (including phenoxy) is 7. The Hall–Kier alpha value is -0.810. The van der Waals surface area contributed by atoms with Crippen molar-refractivity contribution in [3.05, 3.63) is 0 Å². The Balaban J connectivity index is 0. The fraction of sp³-hybridized carbons (Fsp3) is 0.967. The molecule has 1 atom stereocenters. The molecule has 0 radical (unpaired) electrons. The molecule has 0 heterocycles. The summed E-state index contributed by atoms with van der Waals surface area (Å²) in [7, 11) is 0. The normalized spacial score (nSPS) is 11.7. The van der Waals surface area contributed by atoms with Crippen LogP contribution >= 0.6 is 0 Å². The first-order chi connectivity index (χ1) is 19.3. The zero-order valence-corrected chi connectivity index (χ0v) is 25.7. The minimum absolute atomic E-state index is 0.00686. The van der Waals surface area contributed by atoms with Gasteiger partial charge in [0, 0.05) is 19.8 Å². The molecule has 0 fully saturated rings. The fourth-order valence-corrected chi connectivity index (χ4v) is 3.50. The van der Waals surface area contributed by atoms with E-state index < -0.39 is 0 Å². The Labute approximate surface area is 240 Å². The summed E-state index contributed by atoms with van der Waals surface area (Å²) in [5.41, 5.74) is 5.36. The topological polar surface area (TPSA) is 108 Å². The molecule has 0 aliphatic heterocycles. The van der Waals surface area contributed by atoms with E-state index in [9.17, 15) is 4.79 Å². The lowest BCUT2D eigenvalue weighted by Gasteiger charge is -2.18. The zero-order chi connectivity index (χ0) is 28.9. The van der Waals surface area contributed by atoms with E-state index in [1.165, 1.54) is 64.2 Å². The summed E-state index contributed by atoms with van der Waals surface area (Å²) in [6.07, 6.45) is 15.3. The zero-order valence-electron chi connectivity index (χ0n) is 25.7. The Bertz CT molecular complexity index is 432. The van der Waals surface area contributed by atoms with Gasteiger partial charge >= 0.3 is 0 Å². The molecular weight excluding hydrogens is 502 g/mol. The lowest BCUT2D eigenvalue weighted by atomic mass is 10.1. The summed E-state index contributed by atoms with van der Waals surface area (Å²) < 4.78 is 38.2. The van der Waals surface area contributed by atoms with Gasteiger partial charge < -0.3 is 38.9 Å². The van der Waals surface area contributed by atoms with Gasteiger partial charge in [0.15, 0.2) is 0 Å². The van der Waals surface area contributed by atoms with Crippen molar-refractivity contribution < 1.29 is 38.0 Å². The van der Waals surface area contributed by atoms with E-state index in [1.807, 2.05) is 0 Å². The highest BCUT2D eigenvalue weighted by molar-refractivity contribution is 5.36. The molecule has 0 aliphatic rings. The van der Waals surface area contributed by atoms with Gasteiger partial charge in [0.25, 0.3) is 6.47 Å². The van der Waals surface area contributed by atoms with Crippen LogP contribution in [0.3, 0.4) is 0 Å². The van der Waals surface area contributed by atoms with Gasteiger partial charge in [-0.25, -0.2) is 0 Å². The van der Waals surface area contributed by atoms with E-state index >= 15 is 0 Å². The summed E-state index contributed by atoms with van der Waals surface area (Å²) in [6.45, 7) is 14.4. The fourth-order valence-electron chi connectivity index (χ4n) is 3.50. The highest BCUT2D eigenvalue weighted by atomic mass is 16.6. The van der Waals surface area contributed by atoms with Crippen molar-refractivity contribution in [1.29, 1.82) is 0 Å². The van der Waals surface area contributed by atoms with Crippen molar-refractivity contribution in [2.24, 2.45) is 5.73 Å². The van der Waals surface area contributed by atoms with Crippen LogP contribution < -0.4 is 5.73 Å². The van der Waals surface area contributed by atoms with E-state index in [-0.39, 0.29) is 6.10 Å². The minimum Gasteiger partial charge on any atom is -0.468 e. The van der Waals surface area contributed by atoms with Crippen LogP contribution in [0.15, 0.2) is 0 Å². The first-order valence-corrected chi connectivity index (χ1v) is 15.5. The van der Waals surface area contributed by atoms with Crippen LogP contribution in [-0.2, 0) is 38.0 Å². The number of carbonyl (C=O) groups is 1. The molecule has 0 aromatic carbocycles. The molecule has 0 spiro atoms. The Morgan fingerprint density at radius 3 is 1.44 bits per heavy atom. The summed E-state index contributed by atoms with van der Waals surface area (Å²) in [4.78, 5) is 9.18. The molecule has 0 saturated heterocycles. The average Bonchev–Trinajstić information content (AvgIpc) is 2.94. The number of unbranched alkanes of at least 4 members (excludes halogenated alkanes) is 10. The number of carbonyl (C=O) groups excluding carboxylic acids is 1. The number of rotatable bonds is 32. The number of hydrogen-bond acceptors (Lipinski definition) is 9. The predicted octanol–water partition coefficient (Wildman–Crippen LogP) is 5.31. The van der Waals surface area contributed by atoms with Crippen molar-refractivity contribution in [3.63, 3.8) is 0 Å². The van der Waals surface area contributed by atoms with Gasteiger partial charge in [-0.2, -0.15) is 0 Å². The Morgan fingerprint density at radius 2 is 0.974 bits per heavy atom. The Morgan fingerprint density at radius 1 is 0.538 bits per heavy atom. The van der Waals surface area contributed by atoms with E-state index in [0.717, 1.165) is 26.1 Å². The average molecular weight is 566 g/mol. The van der Waals surface area contributed by atoms with Gasteiger partial charge in [0.2, 0.25) is 0 Å². The van der Waals surface area contributed by atoms with Gasteiger partial charge in [-0.1, -0.05) is 78.1 Å². The molecule has 9 nitrogen and oxygen atoms in total. The van der Waals surface area contributed by atoms with Gasteiger partial charge in [-0.15, -0.1) is 0 Å². The molecule has 0 saturated carbocycles. The maximum atomic E-state index is 9.18. The molecule has 39 heavy (non-hydrogen) atoms. The van der Waals surface area contributed by atoms with Crippen LogP contribution in [0.2, 0.25) is 0 Å². The molecule has 236 valence electrons. The maximum Gasteiger partial charge on any atom is 0.293 e. The summed E-state index contributed by atoms with van der Waals surface area (Å²) in [6, 6.07) is 0. The van der Waals surface area contributed by atoms with Gasteiger partial charge in [0.05, 0.1) is 66.1 Å². The third kappa shape index (κ3) is 39.4. The molecule has 2 N–H and O–H groups in total. The van der Waals surface area contributed by atoms with E-state index in [2.05, 4.69) is 18.6 Å². The first kappa shape index (κ1) is 40.3. The lowest BCUT2D eigenvalue weighted by molar-refractivity contribution is -0.128. The van der Waals surface area contributed by atoms with E-state index in [1.54, 1.807) is 6.92 Å². The van der Waals surface area contributed by atoms with Crippen molar-refractivity contribution in [3.8, 4) is 0 Å². The molecule has 0 aromatic heterocycles. The van der Waals surface area contributed by atoms with Crippen molar-refractivity contribution >= 4 is 6.47 Å². The molecule has 0 bridgehead atoms. The third-order valence-corrected chi connectivity index (χ3v) is 5.71. The van der Waals surface area contributed by atoms with Crippen LogP contribution in [0.4, 0.5) is 0 Å². The summed E-state index contributed by atoms with van der Waals surface area (Å²) in [5.74, 6) is 0. The molecule has 9 heteroatoms. The van der Waals surface area contributed by atoms with E-state index in [0.29, 0.717) is 79.1 Å². The number of nitrogens with two attached hydrogens (primary N) is 1. The smallest absolute Gasteiger partial charge is 0.293 e. The summed E-state index contributed by atoms with van der Waals surface area (Å²) >= 11 is 0. The maximum absolute atomic E-state index is 9.18. The van der Waals surface area contributed by atoms with Crippen LogP contribution in [0.25, 0.3) is 0 Å². The van der Waals surface area contributed by atoms with Crippen molar-refractivity contribution in [2.75, 3.05) is 85.8 Å². The van der Waals surface area contributed by atoms with Crippen molar-refractivity contribution in [1.82, 2.24) is 0 Å². The highest BCUT2D eigenvalue weighted by Gasteiger charge is 2.10. The monoisotopic (exact) mass is 565 g/mol. The second-order valence-electron chi connectivity index (χ2n) is 9.36. The molecule has 1 unspecified atom stereocenters. The quantitative estimate of drug-likeness (QED) is 0.0857. The first-order valence-electron chi connectivity index (χ1n) is 15.5. The standard InChI is InChI=1S/C27H57NO6.C3H6O2/c1-3-5-7-9-11-13-16-32-25-27(34-17-14-12-10-8-6-4-2)26-33-24-23-31-22-21-30-20-19-29-18-15-28;1-2-5-3-4/h27H,3-26,28H2,1-2H3;3H,2H2,1H3. The lowest BCUT2D eigenvalue weighted by Crippen LogP contribution is -2.27. The van der Waals surface area contributed by atoms with Crippen LogP contribution in [-0.4, -0.2) is 98.4 Å². The van der Waals surface area contributed by atoms with Gasteiger partial charge in [0.1, 0.15) is 6.10 Å². The summed E-state index contributed by atoms with van der Waals surface area (Å²) in [5, 5.41) is 0. The Kier molecular flexibility index (Phi) is 40.7. The third-order valence-electron chi connectivity index (χ3n) is 5.71. The van der Waals surface area contributed by atoms with E-state index in [4.69, 9.17) is 34.2 Å². The largest absolute Gasteiger partial charge is 0.468 e. The molecule has 0 rings (SSSR count). The minimum atomic E-state index is -0.00686. The SMILES string of the molecule is CCCCCCCCOCC(COCCOCCOCCOCCN)OCCCCCCCC.CCOC=O. The van der Waals surface area contributed by atoms with Crippen LogP contribution in [0.5, 0.6) is 0 Å². The van der Waals surface area contributed by atoms with Gasteiger partial charge in [-0.3, -0.25) is 4.79 Å². The molecule has 0 amide bonds.